The van der Waals surface area contributed by atoms with E-state index in [1.54, 1.807) is 42.5 Å². The van der Waals surface area contributed by atoms with Gasteiger partial charge < -0.3 is 14.2 Å². The number of methoxy groups -OCH3 is 1. The van der Waals surface area contributed by atoms with Crippen molar-refractivity contribution in [3.8, 4) is 11.5 Å². The zero-order chi connectivity index (χ0) is 21.5. The average Bonchev–Trinajstić information content (AvgIpc) is 2.99. The molecule has 0 aliphatic carbocycles. The largest absolute Gasteiger partial charge is 0.490 e. The maximum atomic E-state index is 13.8. The second kappa shape index (κ2) is 10.3. The number of carbonyl (C=O) groups excluding carboxylic acids is 2. The average molecular weight is 431 g/mol. The van der Waals surface area contributed by atoms with E-state index >= 15 is 0 Å². The van der Waals surface area contributed by atoms with Crippen molar-refractivity contribution in [3.63, 3.8) is 0 Å². The fourth-order valence-electron chi connectivity index (χ4n) is 2.80. The summed E-state index contributed by atoms with van der Waals surface area (Å²) in [6.07, 6.45) is 1.64. The minimum absolute atomic E-state index is 0.0600. The van der Waals surface area contributed by atoms with Gasteiger partial charge in [-0.1, -0.05) is 24.3 Å². The minimum atomic E-state index is -0.347. The van der Waals surface area contributed by atoms with Crippen LogP contribution in [0.4, 0.5) is 9.18 Å². The maximum absolute atomic E-state index is 13.8. The van der Waals surface area contributed by atoms with Gasteiger partial charge in [0.05, 0.1) is 24.7 Å². The first-order chi connectivity index (χ1) is 14.5. The molecule has 0 unspecified atom stereocenters. The van der Waals surface area contributed by atoms with Crippen LogP contribution in [0.5, 0.6) is 11.5 Å². The molecular weight excluding hydrogens is 409 g/mol. The first kappa shape index (κ1) is 21.9. The zero-order valence-corrected chi connectivity index (χ0v) is 17.5. The molecule has 0 aromatic heterocycles. The smallest absolute Gasteiger partial charge is 0.293 e. The Labute approximate surface area is 178 Å². The van der Waals surface area contributed by atoms with Gasteiger partial charge in [0.2, 0.25) is 0 Å². The van der Waals surface area contributed by atoms with Crippen LogP contribution < -0.4 is 9.47 Å². The second-order valence-electron chi connectivity index (χ2n) is 6.35. The number of hydrogen-bond acceptors (Lipinski definition) is 6. The van der Waals surface area contributed by atoms with E-state index < -0.39 is 0 Å². The third-order valence-electron chi connectivity index (χ3n) is 4.30. The van der Waals surface area contributed by atoms with Crippen molar-refractivity contribution in [2.45, 2.75) is 13.5 Å². The maximum Gasteiger partial charge on any atom is 0.293 e. The van der Waals surface area contributed by atoms with Gasteiger partial charge in [0.15, 0.2) is 11.5 Å². The Hall–Kier alpha value is -2.84. The highest BCUT2D eigenvalue weighted by Crippen LogP contribution is 2.35. The highest BCUT2D eigenvalue weighted by Gasteiger charge is 2.34. The lowest BCUT2D eigenvalue weighted by atomic mass is 10.1. The molecule has 0 spiro atoms. The van der Waals surface area contributed by atoms with Crippen molar-refractivity contribution in [1.82, 2.24) is 4.90 Å². The van der Waals surface area contributed by atoms with Gasteiger partial charge in [-0.2, -0.15) is 0 Å². The Morgan fingerprint density at radius 3 is 2.63 bits per heavy atom. The molecule has 0 N–H and O–H groups in total. The molecule has 0 saturated carbocycles. The van der Waals surface area contributed by atoms with E-state index in [0.717, 1.165) is 16.7 Å². The van der Waals surface area contributed by atoms with E-state index in [2.05, 4.69) is 0 Å². The van der Waals surface area contributed by atoms with Gasteiger partial charge in [0.1, 0.15) is 12.4 Å². The Bertz CT molecular complexity index is 962. The molecule has 2 amide bonds. The van der Waals surface area contributed by atoms with Crippen LogP contribution in [0.2, 0.25) is 0 Å². The van der Waals surface area contributed by atoms with Crippen LogP contribution in [0, 0.1) is 5.82 Å². The molecule has 30 heavy (non-hydrogen) atoms. The van der Waals surface area contributed by atoms with Crippen LogP contribution in [-0.2, 0) is 16.1 Å². The summed E-state index contributed by atoms with van der Waals surface area (Å²) in [7, 11) is 1.51. The summed E-state index contributed by atoms with van der Waals surface area (Å²) in [5, 5.41) is -0.321. The molecule has 1 saturated heterocycles. The summed E-state index contributed by atoms with van der Waals surface area (Å²) in [5.74, 6) is 0.253. The molecule has 158 valence electrons. The number of benzene rings is 2. The van der Waals surface area contributed by atoms with Crippen molar-refractivity contribution in [3.05, 3.63) is 64.3 Å². The molecule has 6 nitrogen and oxygen atoms in total. The number of hydrogen-bond donors (Lipinski definition) is 0. The molecule has 1 fully saturated rings. The van der Waals surface area contributed by atoms with E-state index in [0.29, 0.717) is 34.1 Å². The molecule has 1 aliphatic rings. The summed E-state index contributed by atoms with van der Waals surface area (Å²) < 4.78 is 30.2. The van der Waals surface area contributed by atoms with Crippen molar-refractivity contribution >= 4 is 29.0 Å². The number of carbonyl (C=O) groups is 2. The first-order valence-electron chi connectivity index (χ1n) is 9.40. The van der Waals surface area contributed by atoms with Crippen molar-refractivity contribution < 1.29 is 28.2 Å². The minimum Gasteiger partial charge on any atom is -0.490 e. The highest BCUT2D eigenvalue weighted by atomic mass is 32.2. The van der Waals surface area contributed by atoms with E-state index in [9.17, 15) is 14.0 Å². The third-order valence-corrected chi connectivity index (χ3v) is 5.21. The van der Waals surface area contributed by atoms with E-state index in [1.165, 1.54) is 13.2 Å². The SMILES string of the molecule is CCOc1cc(/C=C2/SC(=O)N(CCOC)C2=O)ccc1OCc1ccccc1F. The lowest BCUT2D eigenvalue weighted by Crippen LogP contribution is -2.31. The molecule has 1 aliphatic heterocycles. The number of ether oxygens (including phenoxy) is 3. The topological polar surface area (TPSA) is 65.1 Å². The normalized spacial score (nSPS) is 15.2. The van der Waals surface area contributed by atoms with Crippen molar-refractivity contribution in [2.24, 2.45) is 0 Å². The molecular formula is C22H22FNO5S. The molecule has 0 radical (unpaired) electrons. The van der Waals surface area contributed by atoms with E-state index in [-0.39, 0.29) is 36.7 Å². The quantitative estimate of drug-likeness (QED) is 0.545. The number of halogens is 1. The number of rotatable bonds is 9. The van der Waals surface area contributed by atoms with Gasteiger partial charge in [-0.15, -0.1) is 0 Å². The Morgan fingerprint density at radius 2 is 1.90 bits per heavy atom. The number of imide groups is 1. The van der Waals surface area contributed by atoms with Gasteiger partial charge in [0.25, 0.3) is 11.1 Å². The van der Waals surface area contributed by atoms with Gasteiger partial charge in [-0.05, 0) is 48.5 Å². The van der Waals surface area contributed by atoms with Gasteiger partial charge >= 0.3 is 0 Å². The number of nitrogens with zero attached hydrogens (tertiary/aromatic N) is 1. The predicted octanol–water partition coefficient (Wildman–Crippen LogP) is 4.49. The van der Waals surface area contributed by atoms with Crippen LogP contribution >= 0.6 is 11.8 Å². The predicted molar refractivity (Wildman–Crippen MR) is 113 cm³/mol. The lowest BCUT2D eigenvalue weighted by Gasteiger charge is -2.13. The van der Waals surface area contributed by atoms with Crippen molar-refractivity contribution in [2.75, 3.05) is 26.9 Å². The summed E-state index contributed by atoms with van der Waals surface area (Å²) in [6, 6.07) is 11.6. The van der Waals surface area contributed by atoms with Crippen LogP contribution in [0.25, 0.3) is 6.08 Å². The van der Waals surface area contributed by atoms with Gasteiger partial charge in [-0.3, -0.25) is 14.5 Å². The monoisotopic (exact) mass is 431 g/mol. The lowest BCUT2D eigenvalue weighted by molar-refractivity contribution is -0.123. The second-order valence-corrected chi connectivity index (χ2v) is 7.34. The summed E-state index contributed by atoms with van der Waals surface area (Å²) in [6.45, 7) is 2.81. The summed E-state index contributed by atoms with van der Waals surface area (Å²) in [5.41, 5.74) is 1.13. The van der Waals surface area contributed by atoms with Crippen LogP contribution in [0.3, 0.4) is 0 Å². The molecule has 3 rings (SSSR count). The zero-order valence-electron chi connectivity index (χ0n) is 16.7. The summed E-state index contributed by atoms with van der Waals surface area (Å²) in [4.78, 5) is 26.0. The fraction of sp³-hybridized carbons (Fsp3) is 0.273. The summed E-state index contributed by atoms with van der Waals surface area (Å²) >= 11 is 0.889. The van der Waals surface area contributed by atoms with E-state index in [4.69, 9.17) is 14.2 Å². The van der Waals surface area contributed by atoms with Crippen LogP contribution in [0.1, 0.15) is 18.1 Å². The third kappa shape index (κ3) is 5.20. The van der Waals surface area contributed by atoms with Crippen molar-refractivity contribution in [1.29, 1.82) is 0 Å². The molecule has 8 heteroatoms. The highest BCUT2D eigenvalue weighted by molar-refractivity contribution is 8.18. The number of thioether (sulfide) groups is 1. The Kier molecular flexibility index (Phi) is 7.48. The van der Waals surface area contributed by atoms with E-state index in [1.807, 2.05) is 6.92 Å². The number of amides is 2. The molecule has 0 atom stereocenters. The molecule has 0 bridgehead atoms. The molecule has 1 heterocycles. The standard InChI is InChI=1S/C22H22FNO5S/c1-3-28-19-12-15(13-20-21(25)24(10-11-27-2)22(26)30-20)8-9-18(19)29-14-16-6-4-5-7-17(16)23/h4-9,12-13H,3,10-11,14H2,1-2H3/b20-13+. The molecule has 2 aromatic carbocycles. The van der Waals surface area contributed by atoms with Crippen LogP contribution in [-0.4, -0.2) is 42.9 Å². The Morgan fingerprint density at radius 1 is 1.10 bits per heavy atom. The Balaban J connectivity index is 1.78. The van der Waals surface area contributed by atoms with Crippen LogP contribution in [0.15, 0.2) is 47.4 Å². The van der Waals surface area contributed by atoms with Gasteiger partial charge in [0, 0.05) is 12.7 Å². The van der Waals surface area contributed by atoms with Gasteiger partial charge in [-0.25, -0.2) is 4.39 Å². The fourth-order valence-corrected chi connectivity index (χ4v) is 3.66. The first-order valence-corrected chi connectivity index (χ1v) is 10.2. The molecule has 2 aromatic rings.